The van der Waals surface area contributed by atoms with Gasteiger partial charge >= 0.3 is 0 Å². The number of hydrogen-bond acceptors (Lipinski definition) is 2. The lowest BCUT2D eigenvalue weighted by atomic mass is 10.1. The molecule has 0 radical (unpaired) electrons. The molecule has 0 unspecified atom stereocenters. The van der Waals surface area contributed by atoms with E-state index in [2.05, 4.69) is 5.32 Å². The summed E-state index contributed by atoms with van der Waals surface area (Å²) in [5.41, 5.74) is 8.11. The van der Waals surface area contributed by atoms with Crippen molar-refractivity contribution in [1.82, 2.24) is 0 Å². The molecule has 2 aromatic rings. The molecule has 0 atom stereocenters. The molecule has 0 aliphatic rings. The number of amides is 1. The van der Waals surface area contributed by atoms with Crippen LogP contribution >= 0.6 is 23.2 Å². The molecular formula is C14H12Cl2N2O. The highest BCUT2D eigenvalue weighted by Gasteiger charge is 2.12. The zero-order valence-corrected chi connectivity index (χ0v) is 11.7. The molecule has 3 N–H and O–H groups in total. The van der Waals surface area contributed by atoms with E-state index in [0.29, 0.717) is 27.0 Å². The molecular weight excluding hydrogens is 283 g/mol. The Morgan fingerprint density at radius 3 is 2.37 bits per heavy atom. The van der Waals surface area contributed by atoms with Crippen molar-refractivity contribution in [3.63, 3.8) is 0 Å². The SMILES string of the molecule is Cc1ccc(C(=O)Nc2c(N)cc(Cl)cc2Cl)cc1. The Kier molecular flexibility index (Phi) is 3.98. The molecule has 5 heteroatoms. The van der Waals surface area contributed by atoms with Gasteiger partial charge in [0, 0.05) is 10.6 Å². The third-order valence-corrected chi connectivity index (χ3v) is 3.15. The van der Waals surface area contributed by atoms with Crippen molar-refractivity contribution in [2.45, 2.75) is 6.92 Å². The molecule has 19 heavy (non-hydrogen) atoms. The van der Waals surface area contributed by atoms with Crippen molar-refractivity contribution in [3.05, 3.63) is 57.6 Å². The summed E-state index contributed by atoms with van der Waals surface area (Å²) in [6.07, 6.45) is 0. The molecule has 2 aromatic carbocycles. The van der Waals surface area contributed by atoms with Gasteiger partial charge in [0.25, 0.3) is 5.91 Å². The molecule has 98 valence electrons. The Morgan fingerprint density at radius 2 is 1.79 bits per heavy atom. The van der Waals surface area contributed by atoms with Gasteiger partial charge in [-0.2, -0.15) is 0 Å². The summed E-state index contributed by atoms with van der Waals surface area (Å²) in [4.78, 5) is 12.1. The smallest absolute Gasteiger partial charge is 0.255 e. The molecule has 0 aromatic heterocycles. The minimum absolute atomic E-state index is 0.268. The van der Waals surface area contributed by atoms with Crippen LogP contribution in [0.15, 0.2) is 36.4 Å². The third kappa shape index (κ3) is 3.19. The van der Waals surface area contributed by atoms with E-state index in [0.717, 1.165) is 5.56 Å². The average molecular weight is 295 g/mol. The molecule has 0 saturated carbocycles. The van der Waals surface area contributed by atoms with Crippen molar-refractivity contribution < 1.29 is 4.79 Å². The van der Waals surface area contributed by atoms with Crippen LogP contribution in [0.25, 0.3) is 0 Å². The number of halogens is 2. The van der Waals surface area contributed by atoms with E-state index in [1.807, 2.05) is 19.1 Å². The summed E-state index contributed by atoms with van der Waals surface area (Å²) in [7, 11) is 0. The van der Waals surface area contributed by atoms with Gasteiger partial charge in [-0.25, -0.2) is 0 Å². The summed E-state index contributed by atoms with van der Waals surface area (Å²) in [6.45, 7) is 1.95. The van der Waals surface area contributed by atoms with E-state index in [1.54, 1.807) is 12.1 Å². The van der Waals surface area contributed by atoms with Crippen molar-refractivity contribution in [3.8, 4) is 0 Å². The van der Waals surface area contributed by atoms with Crippen LogP contribution < -0.4 is 11.1 Å². The molecule has 3 nitrogen and oxygen atoms in total. The van der Waals surface area contributed by atoms with E-state index >= 15 is 0 Å². The average Bonchev–Trinajstić information content (AvgIpc) is 2.34. The molecule has 2 rings (SSSR count). The van der Waals surface area contributed by atoms with Crippen LogP contribution in [0.4, 0.5) is 11.4 Å². The number of benzene rings is 2. The molecule has 0 aliphatic heterocycles. The second kappa shape index (κ2) is 5.51. The zero-order valence-electron chi connectivity index (χ0n) is 10.2. The predicted octanol–water partition coefficient (Wildman–Crippen LogP) is 4.14. The van der Waals surface area contributed by atoms with Gasteiger partial charge in [0.1, 0.15) is 0 Å². The van der Waals surface area contributed by atoms with Crippen molar-refractivity contribution in [1.29, 1.82) is 0 Å². The number of carbonyl (C=O) groups excluding carboxylic acids is 1. The van der Waals surface area contributed by atoms with Crippen molar-refractivity contribution >= 4 is 40.5 Å². The first kappa shape index (κ1) is 13.7. The molecule has 0 spiro atoms. The largest absolute Gasteiger partial charge is 0.397 e. The first-order valence-electron chi connectivity index (χ1n) is 5.60. The summed E-state index contributed by atoms with van der Waals surface area (Å²) >= 11 is 11.8. The molecule has 0 bridgehead atoms. The van der Waals surface area contributed by atoms with Crippen LogP contribution in [-0.4, -0.2) is 5.91 Å². The summed E-state index contributed by atoms with van der Waals surface area (Å²) in [6, 6.07) is 10.3. The minimum atomic E-state index is -0.268. The van der Waals surface area contributed by atoms with Gasteiger partial charge in [-0.05, 0) is 31.2 Å². The predicted molar refractivity (Wildman–Crippen MR) is 80.0 cm³/mol. The van der Waals surface area contributed by atoms with Crippen LogP contribution in [0.1, 0.15) is 15.9 Å². The lowest BCUT2D eigenvalue weighted by molar-refractivity contribution is 0.102. The van der Waals surface area contributed by atoms with Gasteiger partial charge in [-0.1, -0.05) is 40.9 Å². The standard InChI is InChI=1S/C14H12Cl2N2O/c1-8-2-4-9(5-3-8)14(19)18-13-11(16)6-10(15)7-12(13)17/h2-7H,17H2,1H3,(H,18,19). The number of aryl methyl sites for hydroxylation is 1. The monoisotopic (exact) mass is 294 g/mol. The summed E-state index contributed by atoms with van der Waals surface area (Å²) in [5, 5.41) is 3.42. The topological polar surface area (TPSA) is 55.1 Å². The third-order valence-electron chi connectivity index (χ3n) is 2.64. The van der Waals surface area contributed by atoms with E-state index in [1.165, 1.54) is 12.1 Å². The minimum Gasteiger partial charge on any atom is -0.397 e. The van der Waals surface area contributed by atoms with Crippen molar-refractivity contribution in [2.75, 3.05) is 11.1 Å². The quantitative estimate of drug-likeness (QED) is 0.818. The fourth-order valence-corrected chi connectivity index (χ4v) is 2.17. The highest BCUT2D eigenvalue weighted by Crippen LogP contribution is 2.32. The van der Waals surface area contributed by atoms with Gasteiger partial charge in [-0.3, -0.25) is 4.79 Å². The Hall–Kier alpha value is -1.71. The second-order valence-electron chi connectivity index (χ2n) is 4.17. The number of nitrogens with two attached hydrogens (primary N) is 1. The summed E-state index contributed by atoms with van der Waals surface area (Å²) < 4.78 is 0. The maximum atomic E-state index is 12.1. The van der Waals surface area contributed by atoms with Gasteiger partial charge < -0.3 is 11.1 Å². The van der Waals surface area contributed by atoms with Gasteiger partial charge in [0.2, 0.25) is 0 Å². The van der Waals surface area contributed by atoms with Crippen LogP contribution in [0.3, 0.4) is 0 Å². The fourth-order valence-electron chi connectivity index (χ4n) is 1.62. The molecule has 0 aliphatic carbocycles. The Labute approximate surface area is 121 Å². The Balaban J connectivity index is 2.26. The second-order valence-corrected chi connectivity index (χ2v) is 5.02. The van der Waals surface area contributed by atoms with Gasteiger partial charge in [0.15, 0.2) is 0 Å². The lowest BCUT2D eigenvalue weighted by Crippen LogP contribution is -2.13. The van der Waals surface area contributed by atoms with E-state index < -0.39 is 0 Å². The number of nitrogen functional groups attached to an aromatic ring is 1. The molecule has 0 heterocycles. The van der Waals surface area contributed by atoms with Crippen LogP contribution in [0.5, 0.6) is 0 Å². The molecule has 1 amide bonds. The van der Waals surface area contributed by atoms with Crippen molar-refractivity contribution in [2.24, 2.45) is 0 Å². The van der Waals surface area contributed by atoms with Crippen LogP contribution in [0, 0.1) is 6.92 Å². The molecule has 0 fully saturated rings. The number of carbonyl (C=O) groups is 1. The zero-order chi connectivity index (χ0) is 14.0. The number of anilines is 2. The normalized spacial score (nSPS) is 10.3. The summed E-state index contributed by atoms with van der Waals surface area (Å²) in [5.74, 6) is -0.268. The fraction of sp³-hybridized carbons (Fsp3) is 0.0714. The first-order chi connectivity index (χ1) is 8.97. The van der Waals surface area contributed by atoms with E-state index in [9.17, 15) is 4.79 Å². The highest BCUT2D eigenvalue weighted by molar-refractivity contribution is 6.37. The van der Waals surface area contributed by atoms with Gasteiger partial charge in [-0.15, -0.1) is 0 Å². The maximum absolute atomic E-state index is 12.1. The van der Waals surface area contributed by atoms with E-state index in [-0.39, 0.29) is 5.91 Å². The highest BCUT2D eigenvalue weighted by atomic mass is 35.5. The van der Waals surface area contributed by atoms with Gasteiger partial charge in [0.05, 0.1) is 16.4 Å². The first-order valence-corrected chi connectivity index (χ1v) is 6.35. The Morgan fingerprint density at radius 1 is 1.16 bits per heavy atom. The Bertz CT molecular complexity index is 601. The van der Waals surface area contributed by atoms with Crippen LogP contribution in [0.2, 0.25) is 10.0 Å². The van der Waals surface area contributed by atoms with Crippen LogP contribution in [-0.2, 0) is 0 Å². The maximum Gasteiger partial charge on any atom is 0.255 e. The molecule has 0 saturated heterocycles. The number of rotatable bonds is 2. The number of hydrogen-bond donors (Lipinski definition) is 2. The lowest BCUT2D eigenvalue weighted by Gasteiger charge is -2.10. The van der Waals surface area contributed by atoms with E-state index in [4.69, 9.17) is 28.9 Å². The number of nitrogens with one attached hydrogen (secondary N) is 1.